The molecule has 3 aromatic rings. The van der Waals surface area contributed by atoms with Gasteiger partial charge in [0.05, 0.1) is 6.42 Å². The van der Waals surface area contributed by atoms with Crippen molar-refractivity contribution in [3.63, 3.8) is 0 Å². The number of hydrogen-bond donors (Lipinski definition) is 7. The summed E-state index contributed by atoms with van der Waals surface area (Å²) in [5.74, 6) is -4.71. The van der Waals surface area contributed by atoms with E-state index in [1.54, 1.807) is 57.3 Å². The minimum Gasteiger partial charge on any atom is -0.481 e. The molecule has 0 aliphatic heterocycles. The zero-order chi connectivity index (χ0) is 37.7. The van der Waals surface area contributed by atoms with Crippen molar-refractivity contribution in [2.45, 2.75) is 89.1 Å². The Balaban J connectivity index is 1.87. The SMILES string of the molecule is CN(C(=O)OC(C)(C)C)[C@@H](Cc1c[nH]c2ccccc12)C(=O)N[C@@H](CCCCN)C(=O)N[C@@H](CC(=O)O)C(=O)N[C@@H](Cc1ccccc1)C(N)=O. The zero-order valence-electron chi connectivity index (χ0n) is 29.4. The lowest BCUT2D eigenvalue weighted by atomic mass is 10.0. The number of aromatic nitrogens is 1. The number of primary amides is 1. The molecule has 0 bridgehead atoms. The van der Waals surface area contributed by atoms with Crippen molar-refractivity contribution in [3.8, 4) is 0 Å². The fourth-order valence-corrected chi connectivity index (χ4v) is 5.41. The Morgan fingerprint density at radius 3 is 2.08 bits per heavy atom. The second-order valence-electron chi connectivity index (χ2n) is 13.3. The summed E-state index contributed by atoms with van der Waals surface area (Å²) in [6.45, 7) is 5.40. The molecule has 1 heterocycles. The summed E-state index contributed by atoms with van der Waals surface area (Å²) >= 11 is 0. The summed E-state index contributed by atoms with van der Waals surface area (Å²) in [6.07, 6.45) is 1.26. The summed E-state index contributed by atoms with van der Waals surface area (Å²) in [4.78, 5) is 82.7. The van der Waals surface area contributed by atoms with Crippen LogP contribution in [-0.4, -0.2) is 94.0 Å². The number of nitrogens with zero attached hydrogens (tertiary/aromatic N) is 1. The minimum absolute atomic E-state index is 0.0381. The normalized spacial score (nSPS) is 13.7. The summed E-state index contributed by atoms with van der Waals surface area (Å²) in [5, 5.41) is 18.0. The second kappa shape index (κ2) is 18.5. The van der Waals surface area contributed by atoms with Gasteiger partial charge in [0.25, 0.3) is 0 Å². The molecule has 15 nitrogen and oxygen atoms in total. The molecular weight excluding hydrogens is 658 g/mol. The first-order chi connectivity index (χ1) is 24.1. The van der Waals surface area contributed by atoms with Crippen molar-refractivity contribution in [2.75, 3.05) is 13.6 Å². The standard InChI is InChI=1S/C36H49N7O8/c1-36(2,3)51-35(50)43(4)29(19-23-21-39-25-15-9-8-14-24(23)25)34(49)40-26(16-10-11-17-37)32(47)42-28(20-30(44)45)33(48)41-27(31(38)46)18-22-12-6-5-7-13-22/h5-9,12-15,21,26-29,39H,10-11,16-20,37H2,1-4H3,(H2,38,46)(H,40,49)(H,41,48)(H,42,47)(H,44,45)/t26-,27-,28-,29-/m0/s1. The number of benzene rings is 2. The van der Waals surface area contributed by atoms with Crippen LogP contribution in [0, 0.1) is 0 Å². The van der Waals surface area contributed by atoms with E-state index < -0.39 is 71.9 Å². The van der Waals surface area contributed by atoms with Gasteiger partial charge in [-0.2, -0.15) is 0 Å². The molecule has 0 fully saturated rings. The predicted molar refractivity (Wildman–Crippen MR) is 190 cm³/mol. The molecule has 0 unspecified atom stereocenters. The highest BCUT2D eigenvalue weighted by atomic mass is 16.6. The van der Waals surface area contributed by atoms with Crippen molar-refractivity contribution in [3.05, 3.63) is 71.9 Å². The fraction of sp³-hybridized carbons (Fsp3) is 0.444. The molecule has 9 N–H and O–H groups in total. The minimum atomic E-state index is -1.62. The van der Waals surface area contributed by atoms with Gasteiger partial charge < -0.3 is 42.2 Å². The van der Waals surface area contributed by atoms with E-state index in [4.69, 9.17) is 16.2 Å². The Kier molecular flexibility index (Phi) is 14.5. The quantitative estimate of drug-likeness (QED) is 0.0952. The van der Waals surface area contributed by atoms with Crippen LogP contribution in [0.4, 0.5) is 4.79 Å². The zero-order valence-corrected chi connectivity index (χ0v) is 29.4. The summed E-state index contributed by atoms with van der Waals surface area (Å²) < 4.78 is 5.54. The molecule has 0 spiro atoms. The maximum Gasteiger partial charge on any atom is 0.410 e. The number of carbonyl (C=O) groups is 6. The number of nitrogens with one attached hydrogen (secondary N) is 4. The Morgan fingerprint density at radius 2 is 1.45 bits per heavy atom. The van der Waals surface area contributed by atoms with Crippen molar-refractivity contribution in [1.82, 2.24) is 25.8 Å². The number of fused-ring (bicyclic) bond motifs is 1. The number of hydrogen-bond acceptors (Lipinski definition) is 8. The number of H-pyrrole nitrogens is 1. The highest BCUT2D eigenvalue weighted by Crippen LogP contribution is 2.22. The average Bonchev–Trinajstić information content (AvgIpc) is 3.47. The molecule has 0 saturated heterocycles. The van der Waals surface area contributed by atoms with Crippen LogP contribution in [-0.2, 0) is 41.6 Å². The van der Waals surface area contributed by atoms with Crippen LogP contribution in [0.3, 0.4) is 0 Å². The first-order valence-corrected chi connectivity index (χ1v) is 16.8. The van der Waals surface area contributed by atoms with Gasteiger partial charge in [0, 0.05) is 37.0 Å². The number of rotatable bonds is 18. The average molecular weight is 708 g/mol. The molecule has 0 aliphatic rings. The third-order valence-electron chi connectivity index (χ3n) is 8.07. The van der Waals surface area contributed by atoms with E-state index in [1.165, 1.54) is 7.05 Å². The first kappa shape index (κ1) is 40.0. The predicted octanol–water partition coefficient (Wildman–Crippen LogP) is 1.73. The van der Waals surface area contributed by atoms with Gasteiger partial charge in [-0.05, 0) is 63.8 Å². The lowest BCUT2D eigenvalue weighted by Crippen LogP contribution is -2.59. The monoisotopic (exact) mass is 707 g/mol. The van der Waals surface area contributed by atoms with Crippen LogP contribution in [0.15, 0.2) is 60.8 Å². The molecule has 3 rings (SSSR count). The number of amides is 5. The van der Waals surface area contributed by atoms with Crippen LogP contribution in [0.25, 0.3) is 10.9 Å². The number of carboxylic acid groups (broad SMARTS) is 1. The number of likely N-dealkylation sites (N-methyl/N-ethyl adjacent to an activating group) is 1. The van der Waals surface area contributed by atoms with Crippen LogP contribution < -0.4 is 27.4 Å². The van der Waals surface area contributed by atoms with Crippen molar-refractivity contribution < 1.29 is 38.6 Å². The summed E-state index contributed by atoms with van der Waals surface area (Å²) in [5.41, 5.74) is 12.6. The number of unbranched alkanes of at least 4 members (excludes halogenated alkanes) is 1. The van der Waals surface area contributed by atoms with E-state index in [0.29, 0.717) is 24.9 Å². The van der Waals surface area contributed by atoms with Gasteiger partial charge in [0.15, 0.2) is 0 Å². The molecule has 0 saturated carbocycles. The topological polar surface area (TPSA) is 239 Å². The van der Waals surface area contributed by atoms with Gasteiger partial charge in [-0.15, -0.1) is 0 Å². The molecule has 0 radical (unpaired) electrons. The second-order valence-corrected chi connectivity index (χ2v) is 13.3. The maximum absolute atomic E-state index is 14.1. The van der Waals surface area contributed by atoms with Crippen molar-refractivity contribution >= 4 is 46.6 Å². The number of carbonyl (C=O) groups excluding carboxylic acids is 5. The van der Waals surface area contributed by atoms with Gasteiger partial charge in [-0.3, -0.25) is 28.9 Å². The number of para-hydroxylation sites is 1. The number of nitrogens with two attached hydrogens (primary N) is 2. The van der Waals surface area contributed by atoms with E-state index in [-0.39, 0.29) is 19.3 Å². The third kappa shape index (κ3) is 12.4. The first-order valence-electron chi connectivity index (χ1n) is 16.8. The maximum atomic E-state index is 14.1. The van der Waals surface area contributed by atoms with E-state index >= 15 is 0 Å². The van der Waals surface area contributed by atoms with E-state index in [2.05, 4.69) is 20.9 Å². The number of aliphatic carboxylic acids is 1. The van der Waals surface area contributed by atoms with Crippen molar-refractivity contribution in [2.24, 2.45) is 11.5 Å². The lowest BCUT2D eigenvalue weighted by molar-refractivity contribution is -0.141. The summed E-state index contributed by atoms with van der Waals surface area (Å²) in [7, 11) is 1.43. The van der Waals surface area contributed by atoms with Gasteiger partial charge in [-0.1, -0.05) is 48.5 Å². The van der Waals surface area contributed by atoms with E-state index in [9.17, 15) is 33.9 Å². The van der Waals surface area contributed by atoms with Gasteiger partial charge in [-0.25, -0.2) is 4.79 Å². The molecule has 0 aliphatic carbocycles. The largest absolute Gasteiger partial charge is 0.481 e. The Labute approximate surface area is 296 Å². The highest BCUT2D eigenvalue weighted by Gasteiger charge is 2.35. The smallest absolute Gasteiger partial charge is 0.410 e. The van der Waals surface area contributed by atoms with Crippen LogP contribution in [0.5, 0.6) is 0 Å². The van der Waals surface area contributed by atoms with E-state index in [0.717, 1.165) is 21.4 Å². The molecule has 4 atom stereocenters. The van der Waals surface area contributed by atoms with Crippen LogP contribution >= 0.6 is 0 Å². The Hall–Kier alpha value is -5.44. The highest BCUT2D eigenvalue weighted by molar-refractivity contribution is 5.96. The molecule has 2 aromatic carbocycles. The fourth-order valence-electron chi connectivity index (χ4n) is 5.41. The molecule has 15 heteroatoms. The Bertz CT molecular complexity index is 1670. The molecular formula is C36H49N7O8. The van der Waals surface area contributed by atoms with Gasteiger partial charge in [0.2, 0.25) is 23.6 Å². The summed E-state index contributed by atoms with van der Waals surface area (Å²) in [6, 6.07) is 11.0. The molecule has 1 aromatic heterocycles. The van der Waals surface area contributed by atoms with Gasteiger partial charge in [0.1, 0.15) is 29.8 Å². The van der Waals surface area contributed by atoms with Crippen molar-refractivity contribution in [1.29, 1.82) is 0 Å². The van der Waals surface area contributed by atoms with Gasteiger partial charge >= 0.3 is 12.1 Å². The Morgan fingerprint density at radius 1 is 0.843 bits per heavy atom. The van der Waals surface area contributed by atoms with Crippen LogP contribution in [0.1, 0.15) is 57.6 Å². The third-order valence-corrected chi connectivity index (χ3v) is 8.07. The molecule has 276 valence electrons. The number of carboxylic acids is 1. The van der Waals surface area contributed by atoms with Crippen LogP contribution in [0.2, 0.25) is 0 Å². The number of ether oxygens (including phenoxy) is 1. The molecule has 5 amide bonds. The number of aromatic amines is 1. The molecule has 51 heavy (non-hydrogen) atoms. The van der Waals surface area contributed by atoms with E-state index in [1.807, 2.05) is 24.3 Å². The lowest BCUT2D eigenvalue weighted by Gasteiger charge is -2.31.